The molecular formula is C22H28N4O3. The third kappa shape index (κ3) is 4.50. The van der Waals surface area contributed by atoms with Crippen molar-refractivity contribution in [3.05, 3.63) is 48.0 Å². The summed E-state index contributed by atoms with van der Waals surface area (Å²) in [6, 6.07) is 14.6. The average Bonchev–Trinajstić information content (AvgIpc) is 3.42. The van der Waals surface area contributed by atoms with Crippen molar-refractivity contribution in [2.75, 3.05) is 45.5 Å². The first-order valence-electron chi connectivity index (χ1n) is 10.0. The highest BCUT2D eigenvalue weighted by molar-refractivity contribution is 5.80. The zero-order valence-corrected chi connectivity index (χ0v) is 17.0. The van der Waals surface area contributed by atoms with Crippen molar-refractivity contribution in [1.29, 1.82) is 0 Å². The molecule has 0 spiro atoms. The standard InChI is InChI=1S/C22H28N4O3/c1-23-22(24-11-9-16-7-8-20-21(13-16)29-15-28-20)25-17-10-12-26(14-17)18-5-3-4-6-19(18)27-2/h3-8,13,17H,9-12,14-15H2,1-2H3,(H2,23,24,25). The van der Waals surface area contributed by atoms with Crippen LogP contribution in [-0.4, -0.2) is 52.6 Å². The highest BCUT2D eigenvalue weighted by Gasteiger charge is 2.25. The smallest absolute Gasteiger partial charge is 0.231 e. The normalized spacial score (nSPS) is 18.1. The number of hydrogen-bond donors (Lipinski definition) is 2. The van der Waals surface area contributed by atoms with Crippen molar-refractivity contribution in [3.63, 3.8) is 0 Å². The second-order valence-electron chi connectivity index (χ2n) is 7.18. The topological polar surface area (TPSA) is 67.4 Å². The molecule has 2 heterocycles. The Morgan fingerprint density at radius 1 is 1.21 bits per heavy atom. The van der Waals surface area contributed by atoms with E-state index in [0.717, 1.165) is 61.4 Å². The number of fused-ring (bicyclic) bond motifs is 1. The average molecular weight is 396 g/mol. The third-order valence-electron chi connectivity index (χ3n) is 5.32. The summed E-state index contributed by atoms with van der Waals surface area (Å²) in [6.45, 7) is 3.01. The predicted octanol–water partition coefficient (Wildman–Crippen LogP) is 2.41. The van der Waals surface area contributed by atoms with Crippen LogP contribution in [0.5, 0.6) is 17.2 Å². The Bertz CT molecular complexity index is 871. The third-order valence-corrected chi connectivity index (χ3v) is 5.32. The number of anilines is 1. The van der Waals surface area contributed by atoms with Crippen molar-refractivity contribution in [1.82, 2.24) is 10.6 Å². The molecule has 0 aromatic heterocycles. The molecule has 0 aliphatic carbocycles. The van der Waals surface area contributed by atoms with E-state index >= 15 is 0 Å². The first-order valence-corrected chi connectivity index (χ1v) is 10.0. The van der Waals surface area contributed by atoms with Gasteiger partial charge in [0.25, 0.3) is 0 Å². The largest absolute Gasteiger partial charge is 0.495 e. The van der Waals surface area contributed by atoms with Crippen molar-refractivity contribution in [2.24, 2.45) is 4.99 Å². The van der Waals surface area contributed by atoms with E-state index in [2.05, 4.69) is 38.7 Å². The molecule has 1 saturated heterocycles. The van der Waals surface area contributed by atoms with Gasteiger partial charge in [0.1, 0.15) is 5.75 Å². The van der Waals surface area contributed by atoms with E-state index in [1.54, 1.807) is 7.11 Å². The monoisotopic (exact) mass is 396 g/mol. The van der Waals surface area contributed by atoms with Crippen LogP contribution >= 0.6 is 0 Å². The van der Waals surface area contributed by atoms with E-state index < -0.39 is 0 Å². The van der Waals surface area contributed by atoms with Gasteiger partial charge in [-0.1, -0.05) is 18.2 Å². The highest BCUT2D eigenvalue weighted by Crippen LogP contribution is 2.32. The van der Waals surface area contributed by atoms with Crippen molar-refractivity contribution in [3.8, 4) is 17.2 Å². The molecule has 1 atom stereocenters. The van der Waals surface area contributed by atoms with Crippen LogP contribution in [-0.2, 0) is 6.42 Å². The maximum atomic E-state index is 5.50. The Balaban J connectivity index is 1.26. The van der Waals surface area contributed by atoms with Gasteiger partial charge in [-0.2, -0.15) is 0 Å². The molecule has 2 aromatic carbocycles. The molecule has 7 nitrogen and oxygen atoms in total. The lowest BCUT2D eigenvalue weighted by Gasteiger charge is -2.22. The first-order chi connectivity index (χ1) is 14.3. The summed E-state index contributed by atoms with van der Waals surface area (Å²) in [6.07, 6.45) is 1.94. The summed E-state index contributed by atoms with van der Waals surface area (Å²) in [5, 5.41) is 6.96. The van der Waals surface area contributed by atoms with Gasteiger partial charge in [0, 0.05) is 32.7 Å². The summed E-state index contributed by atoms with van der Waals surface area (Å²) in [5.74, 6) is 3.39. The van der Waals surface area contributed by atoms with Crippen molar-refractivity contribution in [2.45, 2.75) is 18.9 Å². The fourth-order valence-corrected chi connectivity index (χ4v) is 3.80. The maximum Gasteiger partial charge on any atom is 0.231 e. The van der Waals surface area contributed by atoms with Crippen molar-refractivity contribution < 1.29 is 14.2 Å². The molecule has 0 bridgehead atoms. The fraction of sp³-hybridized carbons (Fsp3) is 0.409. The Labute approximate surface area is 171 Å². The van der Waals surface area contributed by atoms with Gasteiger partial charge in [0.05, 0.1) is 12.8 Å². The SMILES string of the molecule is CN=C(NCCc1ccc2c(c1)OCO2)NC1CCN(c2ccccc2OC)C1. The van der Waals surface area contributed by atoms with Gasteiger partial charge in [-0.15, -0.1) is 0 Å². The summed E-state index contributed by atoms with van der Waals surface area (Å²) >= 11 is 0. The van der Waals surface area contributed by atoms with Crippen LogP contribution in [0.15, 0.2) is 47.5 Å². The molecule has 2 aliphatic heterocycles. The number of ether oxygens (including phenoxy) is 3. The van der Waals surface area contributed by atoms with E-state index in [9.17, 15) is 0 Å². The fourth-order valence-electron chi connectivity index (χ4n) is 3.80. The predicted molar refractivity (Wildman–Crippen MR) is 114 cm³/mol. The molecule has 29 heavy (non-hydrogen) atoms. The Hall–Kier alpha value is -3.09. The number of hydrogen-bond acceptors (Lipinski definition) is 5. The lowest BCUT2D eigenvalue weighted by atomic mass is 10.1. The van der Waals surface area contributed by atoms with Crippen LogP contribution in [0.25, 0.3) is 0 Å². The van der Waals surface area contributed by atoms with Gasteiger partial charge >= 0.3 is 0 Å². The molecule has 0 amide bonds. The molecular weight excluding hydrogens is 368 g/mol. The van der Waals surface area contributed by atoms with Crippen molar-refractivity contribution >= 4 is 11.6 Å². The molecule has 0 saturated carbocycles. The molecule has 154 valence electrons. The molecule has 2 N–H and O–H groups in total. The number of methoxy groups -OCH3 is 1. The lowest BCUT2D eigenvalue weighted by Crippen LogP contribution is -2.45. The molecule has 0 radical (unpaired) electrons. The van der Waals surface area contributed by atoms with E-state index in [0.29, 0.717) is 12.8 Å². The molecule has 1 fully saturated rings. The number of benzene rings is 2. The molecule has 4 rings (SSSR count). The lowest BCUT2D eigenvalue weighted by molar-refractivity contribution is 0.174. The Morgan fingerprint density at radius 3 is 2.93 bits per heavy atom. The van der Waals surface area contributed by atoms with E-state index in [1.807, 2.05) is 31.3 Å². The molecule has 1 unspecified atom stereocenters. The quantitative estimate of drug-likeness (QED) is 0.577. The van der Waals surface area contributed by atoms with Crippen LogP contribution in [0.3, 0.4) is 0 Å². The van der Waals surface area contributed by atoms with E-state index in [4.69, 9.17) is 14.2 Å². The van der Waals surface area contributed by atoms with Gasteiger partial charge in [0.15, 0.2) is 17.5 Å². The summed E-state index contributed by atoms with van der Waals surface area (Å²) < 4.78 is 16.3. The minimum atomic E-state index is 0.306. The second kappa shape index (κ2) is 8.94. The van der Waals surface area contributed by atoms with Crippen LogP contribution in [0, 0.1) is 0 Å². The zero-order valence-electron chi connectivity index (χ0n) is 17.0. The number of rotatable bonds is 6. The Morgan fingerprint density at radius 2 is 2.07 bits per heavy atom. The minimum Gasteiger partial charge on any atom is -0.495 e. The number of nitrogens with one attached hydrogen (secondary N) is 2. The summed E-state index contributed by atoms with van der Waals surface area (Å²) in [4.78, 5) is 6.74. The van der Waals surface area contributed by atoms with Gasteiger partial charge in [-0.25, -0.2) is 0 Å². The number of aliphatic imine (C=N–C) groups is 1. The Kier molecular flexibility index (Phi) is 5.93. The van der Waals surface area contributed by atoms with Crippen LogP contribution < -0.4 is 29.7 Å². The van der Waals surface area contributed by atoms with Gasteiger partial charge in [0.2, 0.25) is 6.79 Å². The van der Waals surface area contributed by atoms with Crippen LogP contribution in [0.1, 0.15) is 12.0 Å². The summed E-state index contributed by atoms with van der Waals surface area (Å²) in [5.41, 5.74) is 2.35. The van der Waals surface area contributed by atoms with Gasteiger partial charge in [-0.3, -0.25) is 4.99 Å². The highest BCUT2D eigenvalue weighted by atomic mass is 16.7. The van der Waals surface area contributed by atoms with Gasteiger partial charge in [-0.05, 0) is 42.7 Å². The van der Waals surface area contributed by atoms with E-state index in [-0.39, 0.29) is 0 Å². The second-order valence-corrected chi connectivity index (χ2v) is 7.18. The first kappa shape index (κ1) is 19.2. The number of para-hydroxylation sites is 2. The maximum absolute atomic E-state index is 5.50. The number of nitrogens with zero attached hydrogens (tertiary/aromatic N) is 2. The van der Waals surface area contributed by atoms with Gasteiger partial charge < -0.3 is 29.7 Å². The van der Waals surface area contributed by atoms with E-state index in [1.165, 1.54) is 5.56 Å². The van der Waals surface area contributed by atoms with Crippen LogP contribution in [0.4, 0.5) is 5.69 Å². The molecule has 2 aromatic rings. The van der Waals surface area contributed by atoms with Crippen LogP contribution in [0.2, 0.25) is 0 Å². The minimum absolute atomic E-state index is 0.306. The number of guanidine groups is 1. The molecule has 7 heteroatoms. The zero-order chi connectivity index (χ0) is 20.1. The summed E-state index contributed by atoms with van der Waals surface area (Å²) in [7, 11) is 3.53. The molecule has 2 aliphatic rings.